The monoisotopic (exact) mass is 227 g/mol. The molecule has 1 aliphatic carbocycles. The molecule has 17 heavy (non-hydrogen) atoms. The van der Waals surface area contributed by atoms with Gasteiger partial charge >= 0.3 is 0 Å². The summed E-state index contributed by atoms with van der Waals surface area (Å²) in [5.74, 6) is 5.55. The van der Waals surface area contributed by atoms with Crippen molar-refractivity contribution in [2.24, 2.45) is 0 Å². The molecule has 0 unspecified atom stereocenters. The second-order valence-electron chi connectivity index (χ2n) is 4.00. The molecule has 1 aromatic rings. The van der Waals surface area contributed by atoms with Crippen molar-refractivity contribution in [3.63, 3.8) is 0 Å². The normalized spacial score (nSPS) is 13.4. The van der Waals surface area contributed by atoms with E-state index in [4.69, 9.17) is 0 Å². The summed E-state index contributed by atoms with van der Waals surface area (Å²) in [6, 6.07) is 7.46. The number of carbonyl (C=O) groups excluding carboxylic acids is 2. The van der Waals surface area contributed by atoms with E-state index in [-0.39, 0.29) is 12.3 Å². The second-order valence-corrected chi connectivity index (χ2v) is 4.00. The first-order valence-electron chi connectivity index (χ1n) is 5.63. The van der Waals surface area contributed by atoms with Crippen molar-refractivity contribution in [1.82, 2.24) is 5.32 Å². The van der Waals surface area contributed by atoms with Gasteiger partial charge in [0.05, 0.1) is 6.42 Å². The fourth-order valence-electron chi connectivity index (χ4n) is 1.40. The Balaban J connectivity index is 1.99. The van der Waals surface area contributed by atoms with Gasteiger partial charge in [0, 0.05) is 17.2 Å². The van der Waals surface area contributed by atoms with E-state index in [1.54, 1.807) is 24.3 Å². The van der Waals surface area contributed by atoms with Gasteiger partial charge in [-0.3, -0.25) is 4.79 Å². The summed E-state index contributed by atoms with van der Waals surface area (Å²) in [5, 5.41) is 2.92. The molecule has 3 nitrogen and oxygen atoms in total. The third-order valence-corrected chi connectivity index (χ3v) is 2.48. The zero-order chi connectivity index (χ0) is 12.1. The van der Waals surface area contributed by atoms with Crippen molar-refractivity contribution >= 4 is 12.2 Å². The summed E-state index contributed by atoms with van der Waals surface area (Å²) in [6.45, 7) is 0. The summed E-state index contributed by atoms with van der Waals surface area (Å²) in [7, 11) is 0. The van der Waals surface area contributed by atoms with Gasteiger partial charge in [-0.1, -0.05) is 11.8 Å². The highest BCUT2D eigenvalue weighted by Crippen LogP contribution is 2.19. The molecule has 2 rings (SSSR count). The molecule has 0 bridgehead atoms. The summed E-state index contributed by atoms with van der Waals surface area (Å²) in [4.78, 5) is 21.8. The molecule has 0 radical (unpaired) electrons. The molecule has 1 fully saturated rings. The molecule has 86 valence electrons. The lowest BCUT2D eigenvalue weighted by molar-refractivity contribution is -0.107. The van der Waals surface area contributed by atoms with Gasteiger partial charge in [-0.15, -0.1) is 0 Å². The quantitative estimate of drug-likeness (QED) is 0.628. The van der Waals surface area contributed by atoms with Crippen molar-refractivity contribution in [1.29, 1.82) is 0 Å². The van der Waals surface area contributed by atoms with Gasteiger partial charge in [-0.05, 0) is 37.1 Å². The zero-order valence-corrected chi connectivity index (χ0v) is 9.40. The highest BCUT2D eigenvalue weighted by molar-refractivity contribution is 5.94. The van der Waals surface area contributed by atoms with E-state index < -0.39 is 0 Å². The van der Waals surface area contributed by atoms with Gasteiger partial charge in [0.15, 0.2) is 0 Å². The number of hydrogen-bond acceptors (Lipinski definition) is 2. The topological polar surface area (TPSA) is 46.2 Å². The molecule has 0 atom stereocenters. The average molecular weight is 227 g/mol. The summed E-state index contributed by atoms with van der Waals surface area (Å²) < 4.78 is 0. The summed E-state index contributed by atoms with van der Waals surface area (Å²) in [5.41, 5.74) is 1.47. The van der Waals surface area contributed by atoms with Crippen LogP contribution >= 0.6 is 0 Å². The zero-order valence-electron chi connectivity index (χ0n) is 9.40. The van der Waals surface area contributed by atoms with Crippen LogP contribution in [-0.4, -0.2) is 18.2 Å². The molecule has 1 saturated carbocycles. The first kappa shape index (κ1) is 11.4. The van der Waals surface area contributed by atoms with E-state index >= 15 is 0 Å². The second kappa shape index (κ2) is 5.31. The van der Waals surface area contributed by atoms with E-state index in [9.17, 15) is 9.59 Å². The van der Waals surface area contributed by atoms with Gasteiger partial charge in [-0.2, -0.15) is 0 Å². The highest BCUT2D eigenvalue weighted by atomic mass is 16.1. The van der Waals surface area contributed by atoms with Crippen LogP contribution in [0.15, 0.2) is 24.3 Å². The largest absolute Gasteiger partial charge is 0.349 e. The van der Waals surface area contributed by atoms with E-state index in [0.29, 0.717) is 11.6 Å². The van der Waals surface area contributed by atoms with Crippen LogP contribution in [0.1, 0.15) is 35.2 Å². The van der Waals surface area contributed by atoms with Crippen molar-refractivity contribution < 1.29 is 9.59 Å². The van der Waals surface area contributed by atoms with Crippen LogP contribution < -0.4 is 5.32 Å². The number of amides is 1. The lowest BCUT2D eigenvalue weighted by atomic mass is 10.1. The van der Waals surface area contributed by atoms with Crippen LogP contribution in [0.3, 0.4) is 0 Å². The van der Waals surface area contributed by atoms with E-state index in [1.165, 1.54) is 0 Å². The standard InChI is InChI=1S/C14H13NO2/c16-10-2-1-3-11-4-6-12(7-5-11)14(17)15-13-8-9-13/h4-7,10,13H,2,8-9H2,(H,15,17). The van der Waals surface area contributed by atoms with Crippen LogP contribution in [0.25, 0.3) is 0 Å². The Hall–Kier alpha value is -2.08. The maximum absolute atomic E-state index is 11.7. The molecule has 0 spiro atoms. The molecule has 0 heterocycles. The van der Waals surface area contributed by atoms with Crippen molar-refractivity contribution in [2.45, 2.75) is 25.3 Å². The minimum atomic E-state index is -0.0279. The van der Waals surface area contributed by atoms with Crippen LogP contribution in [0.4, 0.5) is 0 Å². The van der Waals surface area contributed by atoms with Crippen LogP contribution in [0, 0.1) is 11.8 Å². The van der Waals surface area contributed by atoms with E-state index in [2.05, 4.69) is 17.2 Å². The lowest BCUT2D eigenvalue weighted by Gasteiger charge is -2.02. The SMILES string of the molecule is O=CCC#Cc1ccc(C(=O)NC2CC2)cc1. The summed E-state index contributed by atoms with van der Waals surface area (Å²) >= 11 is 0. The molecular formula is C14H13NO2. The minimum Gasteiger partial charge on any atom is -0.349 e. The summed E-state index contributed by atoms with van der Waals surface area (Å²) in [6.07, 6.45) is 3.18. The molecule has 1 amide bonds. The fraction of sp³-hybridized carbons (Fsp3) is 0.286. The lowest BCUT2D eigenvalue weighted by Crippen LogP contribution is -2.25. The van der Waals surface area contributed by atoms with Gasteiger partial charge in [0.25, 0.3) is 5.91 Å². The maximum Gasteiger partial charge on any atom is 0.251 e. The Bertz CT molecular complexity index is 475. The first-order valence-corrected chi connectivity index (χ1v) is 5.63. The highest BCUT2D eigenvalue weighted by Gasteiger charge is 2.23. The first-order chi connectivity index (χ1) is 8.29. The van der Waals surface area contributed by atoms with Gasteiger partial charge in [0.1, 0.15) is 6.29 Å². The maximum atomic E-state index is 11.7. The van der Waals surface area contributed by atoms with Crippen LogP contribution in [0.2, 0.25) is 0 Å². The Morgan fingerprint density at radius 1 is 1.35 bits per heavy atom. The Labute approximate surface area is 100 Å². The van der Waals surface area contributed by atoms with Crippen molar-refractivity contribution in [2.75, 3.05) is 0 Å². The Kier molecular flexibility index (Phi) is 3.56. The number of aldehydes is 1. The van der Waals surface area contributed by atoms with Gasteiger partial charge in [0.2, 0.25) is 0 Å². The number of carbonyl (C=O) groups is 2. The number of benzene rings is 1. The molecule has 0 aliphatic heterocycles. The van der Waals surface area contributed by atoms with Crippen molar-refractivity contribution in [3.05, 3.63) is 35.4 Å². The molecule has 0 aromatic heterocycles. The fourth-order valence-corrected chi connectivity index (χ4v) is 1.40. The average Bonchev–Trinajstić information content (AvgIpc) is 3.14. The van der Waals surface area contributed by atoms with Crippen molar-refractivity contribution in [3.8, 4) is 11.8 Å². The number of hydrogen-bond donors (Lipinski definition) is 1. The molecule has 0 saturated heterocycles. The van der Waals surface area contributed by atoms with E-state index in [1.807, 2.05) is 0 Å². The van der Waals surface area contributed by atoms with Crippen LogP contribution in [-0.2, 0) is 4.79 Å². The Morgan fingerprint density at radius 2 is 2.06 bits per heavy atom. The Morgan fingerprint density at radius 3 is 2.65 bits per heavy atom. The predicted molar refractivity (Wildman–Crippen MR) is 64.5 cm³/mol. The molecule has 1 aliphatic rings. The third kappa shape index (κ3) is 3.46. The predicted octanol–water partition coefficient (Wildman–Crippen LogP) is 1.52. The number of rotatable bonds is 3. The van der Waals surface area contributed by atoms with Gasteiger partial charge in [-0.25, -0.2) is 0 Å². The molecule has 1 aromatic carbocycles. The molecule has 1 N–H and O–H groups in total. The number of nitrogens with one attached hydrogen (secondary N) is 1. The minimum absolute atomic E-state index is 0.0279. The molecule has 3 heteroatoms. The molecular weight excluding hydrogens is 214 g/mol. The van der Waals surface area contributed by atoms with E-state index in [0.717, 1.165) is 24.7 Å². The van der Waals surface area contributed by atoms with Gasteiger partial charge < -0.3 is 10.1 Å². The van der Waals surface area contributed by atoms with Crippen LogP contribution in [0.5, 0.6) is 0 Å². The smallest absolute Gasteiger partial charge is 0.251 e. The third-order valence-electron chi connectivity index (χ3n) is 2.48.